The lowest BCUT2D eigenvalue weighted by atomic mass is 10.1. The molecule has 6 heteroatoms. The molecule has 0 saturated heterocycles. The average Bonchev–Trinajstić information content (AvgIpc) is 2.50. The molecule has 1 rings (SSSR count). The first-order valence-electron chi connectivity index (χ1n) is 6.46. The van der Waals surface area contributed by atoms with Crippen molar-refractivity contribution in [2.75, 3.05) is 6.54 Å². The molecule has 0 bridgehead atoms. The Bertz CT molecular complexity index is 474. The van der Waals surface area contributed by atoms with Crippen molar-refractivity contribution in [3.63, 3.8) is 0 Å². The summed E-state index contributed by atoms with van der Waals surface area (Å²) in [6, 6.07) is 8.50. The summed E-state index contributed by atoms with van der Waals surface area (Å²) in [5.74, 6) is -1.21. The monoisotopic (exact) mass is 277 g/mol. The summed E-state index contributed by atoms with van der Waals surface area (Å²) >= 11 is 0. The van der Waals surface area contributed by atoms with Crippen molar-refractivity contribution in [1.29, 1.82) is 0 Å². The van der Waals surface area contributed by atoms with E-state index in [1.54, 1.807) is 37.3 Å². The Morgan fingerprint density at radius 1 is 1.10 bits per heavy atom. The minimum absolute atomic E-state index is 0.137. The quantitative estimate of drug-likeness (QED) is 0.689. The largest absolute Gasteiger partial charge is 0.347 e. The molecule has 1 unspecified atom stereocenters. The highest BCUT2D eigenvalue weighted by Crippen LogP contribution is 1.99. The highest BCUT2D eigenvalue weighted by Gasteiger charge is 2.12. The molecule has 3 N–H and O–H groups in total. The van der Waals surface area contributed by atoms with Crippen LogP contribution in [0.5, 0.6) is 0 Å². The van der Waals surface area contributed by atoms with E-state index in [0.29, 0.717) is 12.0 Å². The predicted octanol–water partition coefficient (Wildman–Crippen LogP) is 0.610. The molecular weight excluding hydrogens is 258 g/mol. The molecule has 1 aromatic rings. The van der Waals surface area contributed by atoms with E-state index in [0.717, 1.165) is 0 Å². The summed E-state index contributed by atoms with van der Waals surface area (Å²) in [7, 11) is 0. The Hall–Kier alpha value is -2.37. The lowest BCUT2D eigenvalue weighted by molar-refractivity contribution is -0.128. The van der Waals surface area contributed by atoms with Crippen molar-refractivity contribution in [2.45, 2.75) is 20.3 Å². The van der Waals surface area contributed by atoms with Crippen LogP contribution in [-0.2, 0) is 9.59 Å². The summed E-state index contributed by atoms with van der Waals surface area (Å²) in [6.07, 6.45) is 0.707. The summed E-state index contributed by atoms with van der Waals surface area (Å²) in [5, 5.41) is 2.49. The van der Waals surface area contributed by atoms with Gasteiger partial charge in [0.15, 0.2) is 0 Å². The van der Waals surface area contributed by atoms with E-state index in [2.05, 4.69) is 16.2 Å². The van der Waals surface area contributed by atoms with Crippen LogP contribution in [0.25, 0.3) is 0 Å². The molecule has 0 radical (unpaired) electrons. The molecule has 0 spiro atoms. The van der Waals surface area contributed by atoms with Gasteiger partial charge in [-0.3, -0.25) is 25.2 Å². The van der Waals surface area contributed by atoms with Crippen LogP contribution in [0.3, 0.4) is 0 Å². The number of benzene rings is 1. The molecule has 6 nitrogen and oxygen atoms in total. The van der Waals surface area contributed by atoms with Gasteiger partial charge in [-0.05, 0) is 18.6 Å². The standard InChI is InChI=1S/C14H19N3O3/c1-3-10(2)13(19)15-9-12(18)16-17-14(20)11-7-5-4-6-8-11/h4-8,10H,3,9H2,1-2H3,(H,15,19)(H,16,18)(H,17,20). The normalized spacial score (nSPS) is 11.3. The summed E-state index contributed by atoms with van der Waals surface area (Å²) in [5.41, 5.74) is 4.96. The molecule has 1 aromatic carbocycles. The molecule has 0 saturated carbocycles. The van der Waals surface area contributed by atoms with Crippen molar-refractivity contribution >= 4 is 17.7 Å². The van der Waals surface area contributed by atoms with E-state index in [-0.39, 0.29) is 18.4 Å². The second kappa shape index (κ2) is 7.93. The summed E-state index contributed by atoms with van der Waals surface area (Å²) in [4.78, 5) is 34.5. The number of carbonyl (C=O) groups is 3. The first-order chi connectivity index (χ1) is 9.54. The lowest BCUT2D eigenvalue weighted by Crippen LogP contribution is -2.46. The Kier molecular flexibility index (Phi) is 6.22. The second-order valence-corrected chi connectivity index (χ2v) is 4.40. The van der Waals surface area contributed by atoms with Gasteiger partial charge >= 0.3 is 0 Å². The van der Waals surface area contributed by atoms with Gasteiger partial charge in [0.25, 0.3) is 11.8 Å². The Balaban J connectivity index is 2.30. The molecule has 0 aromatic heterocycles. The first-order valence-corrected chi connectivity index (χ1v) is 6.46. The zero-order valence-electron chi connectivity index (χ0n) is 11.6. The molecule has 1 atom stereocenters. The number of carbonyl (C=O) groups excluding carboxylic acids is 3. The molecule has 0 aliphatic rings. The van der Waals surface area contributed by atoms with Crippen molar-refractivity contribution in [2.24, 2.45) is 5.92 Å². The minimum Gasteiger partial charge on any atom is -0.347 e. The summed E-state index contributed by atoms with van der Waals surface area (Å²) in [6.45, 7) is 3.51. The Labute approximate surface area is 117 Å². The number of amides is 3. The average molecular weight is 277 g/mol. The molecule has 0 aliphatic carbocycles. The predicted molar refractivity (Wildman–Crippen MR) is 74.5 cm³/mol. The van der Waals surface area contributed by atoms with E-state index in [4.69, 9.17) is 0 Å². The first kappa shape index (κ1) is 15.7. The molecule has 0 aliphatic heterocycles. The van der Waals surface area contributed by atoms with Crippen LogP contribution in [-0.4, -0.2) is 24.3 Å². The van der Waals surface area contributed by atoms with E-state index >= 15 is 0 Å². The van der Waals surface area contributed by atoms with Crippen molar-refractivity contribution < 1.29 is 14.4 Å². The fraction of sp³-hybridized carbons (Fsp3) is 0.357. The molecule has 108 valence electrons. The fourth-order valence-electron chi connectivity index (χ4n) is 1.36. The van der Waals surface area contributed by atoms with Gasteiger partial charge < -0.3 is 5.32 Å². The second-order valence-electron chi connectivity index (χ2n) is 4.40. The van der Waals surface area contributed by atoms with E-state index in [1.807, 2.05) is 6.92 Å². The third kappa shape index (κ3) is 5.09. The van der Waals surface area contributed by atoms with Gasteiger partial charge in [0.05, 0.1) is 6.54 Å². The molecule has 0 heterocycles. The molecule has 20 heavy (non-hydrogen) atoms. The number of hydrazine groups is 1. The van der Waals surface area contributed by atoms with Crippen LogP contribution in [0, 0.1) is 5.92 Å². The Morgan fingerprint density at radius 2 is 1.75 bits per heavy atom. The van der Waals surface area contributed by atoms with Gasteiger partial charge in [-0.1, -0.05) is 32.0 Å². The van der Waals surface area contributed by atoms with Crippen molar-refractivity contribution in [1.82, 2.24) is 16.2 Å². The Morgan fingerprint density at radius 3 is 2.35 bits per heavy atom. The van der Waals surface area contributed by atoms with Crippen LogP contribution in [0.15, 0.2) is 30.3 Å². The third-order valence-electron chi connectivity index (χ3n) is 2.83. The minimum atomic E-state index is -0.481. The van der Waals surface area contributed by atoms with Crippen molar-refractivity contribution in [3.05, 3.63) is 35.9 Å². The SMILES string of the molecule is CCC(C)C(=O)NCC(=O)NNC(=O)c1ccccc1. The maximum absolute atomic E-state index is 11.6. The van der Waals surface area contributed by atoms with Gasteiger partial charge in [0, 0.05) is 11.5 Å². The maximum atomic E-state index is 11.6. The van der Waals surface area contributed by atoms with Gasteiger partial charge in [-0.15, -0.1) is 0 Å². The highest BCUT2D eigenvalue weighted by atomic mass is 16.2. The zero-order valence-corrected chi connectivity index (χ0v) is 11.6. The maximum Gasteiger partial charge on any atom is 0.269 e. The van der Waals surface area contributed by atoms with Gasteiger partial charge in [0.1, 0.15) is 0 Å². The number of rotatable bonds is 5. The van der Waals surface area contributed by atoms with Crippen LogP contribution in [0.2, 0.25) is 0 Å². The molecular formula is C14H19N3O3. The molecule has 0 fully saturated rings. The van der Waals surface area contributed by atoms with Crippen molar-refractivity contribution in [3.8, 4) is 0 Å². The number of nitrogens with one attached hydrogen (secondary N) is 3. The van der Waals surface area contributed by atoms with Gasteiger partial charge in [-0.2, -0.15) is 0 Å². The number of hydrogen-bond acceptors (Lipinski definition) is 3. The smallest absolute Gasteiger partial charge is 0.269 e. The lowest BCUT2D eigenvalue weighted by Gasteiger charge is -2.10. The zero-order chi connectivity index (χ0) is 15.0. The van der Waals surface area contributed by atoms with E-state index in [1.165, 1.54) is 0 Å². The van der Waals surface area contributed by atoms with E-state index < -0.39 is 11.8 Å². The van der Waals surface area contributed by atoms with Crippen LogP contribution in [0.4, 0.5) is 0 Å². The highest BCUT2D eigenvalue weighted by molar-refractivity contribution is 5.95. The van der Waals surface area contributed by atoms with Crippen LogP contribution < -0.4 is 16.2 Å². The topological polar surface area (TPSA) is 87.3 Å². The number of hydrogen-bond donors (Lipinski definition) is 3. The van der Waals surface area contributed by atoms with Gasteiger partial charge in [0.2, 0.25) is 5.91 Å². The van der Waals surface area contributed by atoms with Crippen LogP contribution in [0.1, 0.15) is 30.6 Å². The van der Waals surface area contributed by atoms with Crippen LogP contribution >= 0.6 is 0 Å². The third-order valence-corrected chi connectivity index (χ3v) is 2.83. The fourth-order valence-corrected chi connectivity index (χ4v) is 1.36. The van der Waals surface area contributed by atoms with E-state index in [9.17, 15) is 14.4 Å². The summed E-state index contributed by atoms with van der Waals surface area (Å²) < 4.78 is 0. The molecule has 3 amide bonds. The van der Waals surface area contributed by atoms with Gasteiger partial charge in [-0.25, -0.2) is 0 Å².